The van der Waals surface area contributed by atoms with Gasteiger partial charge >= 0.3 is 0 Å². The highest BCUT2D eigenvalue weighted by molar-refractivity contribution is 7.99. The minimum atomic E-state index is 0.273. The van der Waals surface area contributed by atoms with Gasteiger partial charge in [-0.25, -0.2) is 0 Å². The molecule has 1 aliphatic carbocycles. The van der Waals surface area contributed by atoms with Crippen LogP contribution in [0.5, 0.6) is 0 Å². The first-order chi connectivity index (χ1) is 8.69. The van der Waals surface area contributed by atoms with Crippen LogP contribution in [0.4, 0.5) is 0 Å². The molecule has 0 saturated heterocycles. The zero-order chi connectivity index (χ0) is 13.0. The molecule has 0 aliphatic heterocycles. The minimum Gasteiger partial charge on any atom is -0.396 e. The van der Waals surface area contributed by atoms with Crippen molar-refractivity contribution in [2.75, 3.05) is 12.4 Å². The summed E-state index contributed by atoms with van der Waals surface area (Å²) in [7, 11) is 0. The topological polar surface area (TPSA) is 32.3 Å². The number of hydrogen-bond donors (Lipinski definition) is 2. The van der Waals surface area contributed by atoms with E-state index in [0.717, 1.165) is 18.3 Å². The maximum atomic E-state index is 9.02. The van der Waals surface area contributed by atoms with Crippen LogP contribution in [0.1, 0.15) is 30.9 Å². The standard InChI is InChI=1S/C15H23NOS/c1-11(9-17)10-18-15-6-3-13(12(2)7-15)8-16-14-4-5-14/h3,6-7,11,14,16-17H,4-5,8-10H2,1-2H3. The maximum absolute atomic E-state index is 9.02. The molecule has 2 nitrogen and oxygen atoms in total. The molecule has 0 heterocycles. The Morgan fingerprint density at radius 1 is 1.44 bits per heavy atom. The lowest BCUT2D eigenvalue weighted by molar-refractivity contribution is 0.250. The average Bonchev–Trinajstić information content (AvgIpc) is 3.18. The number of rotatable bonds is 7. The predicted molar refractivity (Wildman–Crippen MR) is 78.0 cm³/mol. The van der Waals surface area contributed by atoms with Crippen LogP contribution in [0.3, 0.4) is 0 Å². The number of aliphatic hydroxyl groups excluding tert-OH is 1. The predicted octanol–water partition coefficient (Wildman–Crippen LogP) is 2.97. The molecular weight excluding hydrogens is 242 g/mol. The van der Waals surface area contributed by atoms with Crippen molar-refractivity contribution in [1.82, 2.24) is 5.32 Å². The zero-order valence-corrected chi connectivity index (χ0v) is 12.1. The molecular formula is C15H23NOS. The van der Waals surface area contributed by atoms with Gasteiger partial charge in [-0.05, 0) is 48.9 Å². The molecule has 1 aromatic rings. The van der Waals surface area contributed by atoms with Crippen molar-refractivity contribution < 1.29 is 5.11 Å². The quantitative estimate of drug-likeness (QED) is 0.743. The molecule has 0 spiro atoms. The molecule has 1 unspecified atom stereocenters. The Morgan fingerprint density at radius 3 is 2.83 bits per heavy atom. The molecule has 1 aromatic carbocycles. The molecule has 1 fully saturated rings. The first kappa shape index (κ1) is 13.9. The van der Waals surface area contributed by atoms with Crippen LogP contribution < -0.4 is 5.32 Å². The van der Waals surface area contributed by atoms with Crippen molar-refractivity contribution in [3.63, 3.8) is 0 Å². The Morgan fingerprint density at radius 2 is 2.22 bits per heavy atom. The van der Waals surface area contributed by atoms with E-state index in [1.807, 2.05) is 11.8 Å². The van der Waals surface area contributed by atoms with Crippen molar-refractivity contribution in [2.24, 2.45) is 5.92 Å². The SMILES string of the molecule is Cc1cc(SCC(C)CO)ccc1CNC1CC1. The summed E-state index contributed by atoms with van der Waals surface area (Å²) < 4.78 is 0. The van der Waals surface area contributed by atoms with Gasteiger partial charge in [0.05, 0.1) is 0 Å². The van der Waals surface area contributed by atoms with Crippen LogP contribution >= 0.6 is 11.8 Å². The number of aryl methyl sites for hydroxylation is 1. The van der Waals surface area contributed by atoms with Gasteiger partial charge in [0.25, 0.3) is 0 Å². The maximum Gasteiger partial charge on any atom is 0.0464 e. The van der Waals surface area contributed by atoms with E-state index in [0.29, 0.717) is 5.92 Å². The number of nitrogens with one attached hydrogen (secondary N) is 1. The van der Waals surface area contributed by atoms with E-state index < -0.39 is 0 Å². The first-order valence-electron chi connectivity index (χ1n) is 6.75. The summed E-state index contributed by atoms with van der Waals surface area (Å²) in [6.07, 6.45) is 2.68. The lowest BCUT2D eigenvalue weighted by Gasteiger charge is -2.11. The third-order valence-electron chi connectivity index (χ3n) is 3.32. The van der Waals surface area contributed by atoms with E-state index in [2.05, 4.69) is 37.4 Å². The highest BCUT2D eigenvalue weighted by Crippen LogP contribution is 2.24. The molecule has 0 aromatic heterocycles. The van der Waals surface area contributed by atoms with E-state index >= 15 is 0 Å². The van der Waals surface area contributed by atoms with Crippen molar-refractivity contribution in [3.05, 3.63) is 29.3 Å². The molecule has 1 aliphatic rings. The Bertz CT molecular complexity index is 390. The summed E-state index contributed by atoms with van der Waals surface area (Å²) in [6, 6.07) is 7.46. The summed E-state index contributed by atoms with van der Waals surface area (Å²) in [4.78, 5) is 1.31. The second-order valence-electron chi connectivity index (χ2n) is 5.34. The minimum absolute atomic E-state index is 0.273. The molecule has 0 amide bonds. The summed E-state index contributed by atoms with van der Waals surface area (Å²) in [5.41, 5.74) is 2.77. The van der Waals surface area contributed by atoms with E-state index in [4.69, 9.17) is 5.11 Å². The van der Waals surface area contributed by atoms with Crippen LogP contribution in [-0.2, 0) is 6.54 Å². The molecule has 18 heavy (non-hydrogen) atoms. The number of thioether (sulfide) groups is 1. The van der Waals surface area contributed by atoms with Gasteiger partial charge in [0, 0.05) is 29.8 Å². The van der Waals surface area contributed by atoms with Gasteiger partial charge in [-0.1, -0.05) is 13.0 Å². The molecule has 0 radical (unpaired) electrons. The van der Waals surface area contributed by atoms with Crippen LogP contribution in [0.15, 0.2) is 23.1 Å². The first-order valence-corrected chi connectivity index (χ1v) is 7.74. The van der Waals surface area contributed by atoms with E-state index in [9.17, 15) is 0 Å². The Labute approximate surface area is 114 Å². The van der Waals surface area contributed by atoms with Gasteiger partial charge in [0.2, 0.25) is 0 Å². The molecule has 2 N–H and O–H groups in total. The van der Waals surface area contributed by atoms with Crippen LogP contribution in [-0.4, -0.2) is 23.5 Å². The van der Waals surface area contributed by atoms with Gasteiger partial charge in [0.1, 0.15) is 0 Å². The normalized spacial score (nSPS) is 16.8. The molecule has 0 bridgehead atoms. The van der Waals surface area contributed by atoms with Crippen molar-refractivity contribution in [3.8, 4) is 0 Å². The molecule has 1 saturated carbocycles. The van der Waals surface area contributed by atoms with E-state index in [1.54, 1.807) is 0 Å². The van der Waals surface area contributed by atoms with Crippen molar-refractivity contribution >= 4 is 11.8 Å². The monoisotopic (exact) mass is 265 g/mol. The molecule has 2 rings (SSSR count). The average molecular weight is 265 g/mol. The Balaban J connectivity index is 1.87. The fourth-order valence-corrected chi connectivity index (χ4v) is 2.80. The fraction of sp³-hybridized carbons (Fsp3) is 0.600. The largest absolute Gasteiger partial charge is 0.396 e. The zero-order valence-electron chi connectivity index (χ0n) is 11.3. The van der Waals surface area contributed by atoms with Crippen molar-refractivity contribution in [2.45, 2.75) is 44.2 Å². The third-order valence-corrected chi connectivity index (χ3v) is 4.64. The summed E-state index contributed by atoms with van der Waals surface area (Å²) in [5, 5.41) is 12.6. The lowest BCUT2D eigenvalue weighted by Crippen LogP contribution is -2.15. The highest BCUT2D eigenvalue weighted by Gasteiger charge is 2.20. The van der Waals surface area contributed by atoms with Gasteiger partial charge < -0.3 is 10.4 Å². The van der Waals surface area contributed by atoms with Gasteiger partial charge in [-0.2, -0.15) is 0 Å². The van der Waals surface area contributed by atoms with Crippen LogP contribution in [0.25, 0.3) is 0 Å². The summed E-state index contributed by atoms with van der Waals surface area (Å²) in [6.45, 7) is 5.53. The van der Waals surface area contributed by atoms with Crippen molar-refractivity contribution in [1.29, 1.82) is 0 Å². The summed E-state index contributed by atoms with van der Waals surface area (Å²) in [5.74, 6) is 1.35. The molecule has 3 heteroatoms. The Kier molecular flexibility index (Phi) is 5.10. The third kappa shape index (κ3) is 4.30. The second kappa shape index (κ2) is 6.60. The van der Waals surface area contributed by atoms with Crippen LogP contribution in [0, 0.1) is 12.8 Å². The fourth-order valence-electron chi connectivity index (χ4n) is 1.79. The molecule has 1 atom stereocenters. The summed E-state index contributed by atoms with van der Waals surface area (Å²) >= 11 is 1.83. The smallest absolute Gasteiger partial charge is 0.0464 e. The van der Waals surface area contributed by atoms with E-state index in [-0.39, 0.29) is 6.61 Å². The second-order valence-corrected chi connectivity index (χ2v) is 6.44. The number of benzene rings is 1. The van der Waals surface area contributed by atoms with Crippen LogP contribution in [0.2, 0.25) is 0 Å². The Hall–Kier alpha value is -0.510. The van der Waals surface area contributed by atoms with E-state index in [1.165, 1.54) is 28.9 Å². The highest BCUT2D eigenvalue weighted by atomic mass is 32.2. The lowest BCUT2D eigenvalue weighted by atomic mass is 10.1. The van der Waals surface area contributed by atoms with Gasteiger partial charge in [-0.15, -0.1) is 11.8 Å². The number of aliphatic hydroxyl groups is 1. The van der Waals surface area contributed by atoms with Gasteiger partial charge in [0.15, 0.2) is 0 Å². The van der Waals surface area contributed by atoms with Gasteiger partial charge in [-0.3, -0.25) is 0 Å². The molecule has 100 valence electrons. The number of hydrogen-bond acceptors (Lipinski definition) is 3.